The number of halogens is 1. The van der Waals surface area contributed by atoms with E-state index in [1.54, 1.807) is 0 Å². The highest BCUT2D eigenvalue weighted by molar-refractivity contribution is 6.30. The molecule has 3 nitrogen and oxygen atoms in total. The van der Waals surface area contributed by atoms with Gasteiger partial charge < -0.3 is 5.11 Å². The first kappa shape index (κ1) is 15.3. The highest BCUT2D eigenvalue weighted by Gasteiger charge is 2.27. The van der Waals surface area contributed by atoms with Gasteiger partial charge in [0, 0.05) is 23.5 Å². The lowest BCUT2D eigenvalue weighted by Crippen LogP contribution is -2.41. The van der Waals surface area contributed by atoms with E-state index in [0.717, 1.165) is 24.4 Å². The molecule has 110 valence electrons. The van der Waals surface area contributed by atoms with Crippen LogP contribution in [0.4, 0.5) is 0 Å². The van der Waals surface area contributed by atoms with Crippen LogP contribution in [0.1, 0.15) is 50.6 Å². The van der Waals surface area contributed by atoms with E-state index in [1.165, 1.54) is 18.4 Å². The first-order chi connectivity index (χ1) is 9.58. The lowest BCUT2D eigenvalue weighted by Gasteiger charge is -2.40. The molecule has 2 unspecified atom stereocenters. The number of aliphatic carboxylic acids is 1. The number of carboxylic acid groups (broad SMARTS) is 1. The molecule has 1 aromatic rings. The van der Waals surface area contributed by atoms with E-state index in [1.807, 2.05) is 18.2 Å². The molecule has 2 atom stereocenters. The predicted molar refractivity (Wildman–Crippen MR) is 81.1 cm³/mol. The second kappa shape index (κ2) is 7.09. The summed E-state index contributed by atoms with van der Waals surface area (Å²) in [6.07, 6.45) is 4.47. The Morgan fingerprint density at radius 2 is 2.30 bits per heavy atom. The number of hydrogen-bond donors (Lipinski definition) is 1. The van der Waals surface area contributed by atoms with E-state index < -0.39 is 5.97 Å². The van der Waals surface area contributed by atoms with Gasteiger partial charge in [-0.25, -0.2) is 0 Å². The van der Waals surface area contributed by atoms with Crippen LogP contribution in [0.15, 0.2) is 24.3 Å². The molecular weight excluding hydrogens is 274 g/mol. The Balaban J connectivity index is 2.08. The van der Waals surface area contributed by atoms with Gasteiger partial charge in [0.25, 0.3) is 0 Å². The molecular formula is C16H22ClNO2. The molecule has 1 N–H and O–H groups in total. The van der Waals surface area contributed by atoms with Gasteiger partial charge in [-0.3, -0.25) is 9.69 Å². The fraction of sp³-hybridized carbons (Fsp3) is 0.562. The van der Waals surface area contributed by atoms with Crippen molar-refractivity contribution in [2.24, 2.45) is 0 Å². The van der Waals surface area contributed by atoms with Crippen LogP contribution in [-0.2, 0) is 4.79 Å². The Labute approximate surface area is 125 Å². The number of hydrogen-bond acceptors (Lipinski definition) is 2. The van der Waals surface area contributed by atoms with Crippen LogP contribution in [-0.4, -0.2) is 28.6 Å². The van der Waals surface area contributed by atoms with E-state index in [0.29, 0.717) is 6.04 Å². The highest BCUT2D eigenvalue weighted by atomic mass is 35.5. The van der Waals surface area contributed by atoms with Gasteiger partial charge in [-0.15, -0.1) is 0 Å². The number of rotatable bonds is 5. The fourth-order valence-corrected chi connectivity index (χ4v) is 3.29. The van der Waals surface area contributed by atoms with Gasteiger partial charge in [-0.05, 0) is 50.4 Å². The van der Waals surface area contributed by atoms with Crippen LogP contribution in [0.3, 0.4) is 0 Å². The van der Waals surface area contributed by atoms with Crippen LogP contribution in [0, 0.1) is 0 Å². The molecule has 20 heavy (non-hydrogen) atoms. The molecule has 0 aromatic heterocycles. The summed E-state index contributed by atoms with van der Waals surface area (Å²) in [5.74, 6) is -0.703. The standard InChI is InChI=1S/C16H22ClNO2/c1-12(13-5-4-6-14(17)11-13)18-10-3-2-7-15(18)8-9-16(19)20/h4-6,11-12,15H,2-3,7-10H2,1H3,(H,19,20). The molecule has 1 aliphatic rings. The second-order valence-electron chi connectivity index (χ2n) is 5.55. The van der Waals surface area contributed by atoms with Gasteiger partial charge in [-0.2, -0.15) is 0 Å². The lowest BCUT2D eigenvalue weighted by atomic mass is 9.94. The van der Waals surface area contributed by atoms with E-state index in [4.69, 9.17) is 16.7 Å². The summed E-state index contributed by atoms with van der Waals surface area (Å²) >= 11 is 6.07. The van der Waals surface area contributed by atoms with Crippen molar-refractivity contribution in [1.82, 2.24) is 4.90 Å². The number of carboxylic acids is 1. The summed E-state index contributed by atoms with van der Waals surface area (Å²) in [6, 6.07) is 8.62. The van der Waals surface area contributed by atoms with Crippen LogP contribution in [0.2, 0.25) is 5.02 Å². The number of carbonyl (C=O) groups is 1. The van der Waals surface area contributed by atoms with Crippen LogP contribution < -0.4 is 0 Å². The zero-order valence-electron chi connectivity index (χ0n) is 11.9. The van der Waals surface area contributed by atoms with Crippen LogP contribution in [0.25, 0.3) is 0 Å². The van der Waals surface area contributed by atoms with Gasteiger partial charge in [0.1, 0.15) is 0 Å². The first-order valence-corrected chi connectivity index (χ1v) is 7.68. The van der Waals surface area contributed by atoms with Crippen molar-refractivity contribution in [3.8, 4) is 0 Å². The maximum Gasteiger partial charge on any atom is 0.303 e. The SMILES string of the molecule is CC(c1cccc(Cl)c1)N1CCCCC1CCC(=O)O. The number of piperidine rings is 1. The summed E-state index contributed by atoms with van der Waals surface area (Å²) in [7, 11) is 0. The van der Waals surface area contributed by atoms with E-state index in [2.05, 4.69) is 17.9 Å². The summed E-state index contributed by atoms with van der Waals surface area (Å²) < 4.78 is 0. The third-order valence-corrected chi connectivity index (χ3v) is 4.43. The van der Waals surface area contributed by atoms with Crippen LogP contribution in [0.5, 0.6) is 0 Å². The molecule has 0 spiro atoms. The lowest BCUT2D eigenvalue weighted by molar-refractivity contribution is -0.137. The van der Waals surface area contributed by atoms with Gasteiger partial charge in [0.05, 0.1) is 0 Å². The molecule has 0 radical (unpaired) electrons. The van der Waals surface area contributed by atoms with E-state index in [9.17, 15) is 4.79 Å². The summed E-state index contributed by atoms with van der Waals surface area (Å²) in [4.78, 5) is 13.2. The van der Waals surface area contributed by atoms with Crippen molar-refractivity contribution in [2.75, 3.05) is 6.54 Å². The topological polar surface area (TPSA) is 40.5 Å². The minimum absolute atomic E-state index is 0.253. The van der Waals surface area contributed by atoms with Crippen molar-refractivity contribution in [3.63, 3.8) is 0 Å². The highest BCUT2D eigenvalue weighted by Crippen LogP contribution is 2.31. The number of nitrogens with zero attached hydrogens (tertiary/aromatic N) is 1. The molecule has 4 heteroatoms. The van der Waals surface area contributed by atoms with Gasteiger partial charge >= 0.3 is 5.97 Å². The van der Waals surface area contributed by atoms with Crippen LogP contribution >= 0.6 is 11.6 Å². The molecule has 2 rings (SSSR count). The molecule has 1 fully saturated rings. The number of benzene rings is 1. The van der Waals surface area contributed by atoms with Gasteiger partial charge in [0.2, 0.25) is 0 Å². The van der Waals surface area contributed by atoms with Crippen molar-refractivity contribution in [2.45, 2.75) is 51.1 Å². The third-order valence-electron chi connectivity index (χ3n) is 4.19. The maximum atomic E-state index is 10.8. The van der Waals surface area contributed by atoms with Crippen molar-refractivity contribution >= 4 is 17.6 Å². The Kier molecular flexibility index (Phi) is 5.44. The Bertz CT molecular complexity index is 464. The Morgan fingerprint density at radius 1 is 1.50 bits per heavy atom. The second-order valence-corrected chi connectivity index (χ2v) is 5.99. The third kappa shape index (κ3) is 3.97. The van der Waals surface area contributed by atoms with E-state index >= 15 is 0 Å². The molecule has 0 saturated carbocycles. The summed E-state index contributed by atoms with van der Waals surface area (Å²) in [6.45, 7) is 3.22. The molecule has 1 aromatic carbocycles. The maximum absolute atomic E-state index is 10.8. The Morgan fingerprint density at radius 3 is 3.00 bits per heavy atom. The Hall–Kier alpha value is -1.06. The monoisotopic (exact) mass is 295 g/mol. The molecule has 0 amide bonds. The molecule has 1 aliphatic heterocycles. The molecule has 1 heterocycles. The van der Waals surface area contributed by atoms with Gasteiger partial charge in [0.15, 0.2) is 0 Å². The zero-order valence-corrected chi connectivity index (χ0v) is 12.6. The average molecular weight is 296 g/mol. The normalized spacial score (nSPS) is 21.6. The summed E-state index contributed by atoms with van der Waals surface area (Å²) in [5, 5.41) is 9.64. The zero-order chi connectivity index (χ0) is 14.5. The van der Waals surface area contributed by atoms with Crippen molar-refractivity contribution < 1.29 is 9.90 Å². The fourth-order valence-electron chi connectivity index (χ4n) is 3.09. The minimum Gasteiger partial charge on any atom is -0.481 e. The minimum atomic E-state index is -0.703. The predicted octanol–water partition coefficient (Wildman–Crippen LogP) is 4.12. The average Bonchev–Trinajstić information content (AvgIpc) is 2.44. The quantitative estimate of drug-likeness (QED) is 0.888. The summed E-state index contributed by atoms with van der Waals surface area (Å²) in [5.41, 5.74) is 1.21. The molecule has 1 saturated heterocycles. The first-order valence-electron chi connectivity index (χ1n) is 7.31. The van der Waals surface area contributed by atoms with Crippen molar-refractivity contribution in [1.29, 1.82) is 0 Å². The molecule has 0 aliphatic carbocycles. The number of likely N-dealkylation sites (tertiary alicyclic amines) is 1. The van der Waals surface area contributed by atoms with E-state index in [-0.39, 0.29) is 12.5 Å². The smallest absolute Gasteiger partial charge is 0.303 e. The van der Waals surface area contributed by atoms with Gasteiger partial charge in [-0.1, -0.05) is 30.2 Å². The molecule has 0 bridgehead atoms. The van der Waals surface area contributed by atoms with Crippen molar-refractivity contribution in [3.05, 3.63) is 34.9 Å². The largest absolute Gasteiger partial charge is 0.481 e.